The van der Waals surface area contributed by atoms with Gasteiger partial charge in [0.25, 0.3) is 5.91 Å². The summed E-state index contributed by atoms with van der Waals surface area (Å²) in [6, 6.07) is 7.29. The first-order chi connectivity index (χ1) is 11.9. The molecule has 0 fully saturated rings. The van der Waals surface area contributed by atoms with Crippen LogP contribution in [-0.4, -0.2) is 43.8 Å². The molecule has 0 aromatic heterocycles. The molecule has 0 aliphatic rings. The molecule has 6 nitrogen and oxygen atoms in total. The van der Waals surface area contributed by atoms with E-state index >= 15 is 0 Å². The molecule has 0 heterocycles. The Morgan fingerprint density at radius 3 is 2.56 bits per heavy atom. The van der Waals surface area contributed by atoms with Gasteiger partial charge in [-0.3, -0.25) is 9.59 Å². The average molecular weight is 351 g/mol. The number of benzene rings is 1. The van der Waals surface area contributed by atoms with Crippen LogP contribution < -0.4 is 10.1 Å². The first-order valence-corrected chi connectivity index (χ1v) is 8.66. The lowest BCUT2D eigenvalue weighted by molar-refractivity contribution is -0.147. The van der Waals surface area contributed by atoms with Crippen LogP contribution in [0.2, 0.25) is 0 Å². The quantitative estimate of drug-likeness (QED) is 0.490. The van der Waals surface area contributed by atoms with Gasteiger partial charge in [0.2, 0.25) is 0 Å². The Kier molecular flexibility index (Phi) is 9.62. The van der Waals surface area contributed by atoms with Crippen molar-refractivity contribution in [1.82, 2.24) is 5.32 Å². The highest BCUT2D eigenvalue weighted by Crippen LogP contribution is 2.15. The predicted molar refractivity (Wildman–Crippen MR) is 95.6 cm³/mol. The van der Waals surface area contributed by atoms with E-state index < -0.39 is 5.97 Å². The molecule has 0 atom stereocenters. The van der Waals surface area contributed by atoms with Crippen LogP contribution in [0.25, 0.3) is 0 Å². The molecule has 1 aromatic carbocycles. The smallest absolute Gasteiger partial charge is 0.310 e. The van der Waals surface area contributed by atoms with Crippen LogP contribution in [0.1, 0.15) is 39.7 Å². The van der Waals surface area contributed by atoms with Gasteiger partial charge in [-0.1, -0.05) is 12.1 Å². The number of esters is 1. The topological polar surface area (TPSA) is 73.9 Å². The van der Waals surface area contributed by atoms with Crippen LogP contribution in [0.15, 0.2) is 24.3 Å². The van der Waals surface area contributed by atoms with Gasteiger partial charge in [-0.05, 0) is 51.8 Å². The van der Waals surface area contributed by atoms with Gasteiger partial charge >= 0.3 is 5.97 Å². The maximum Gasteiger partial charge on any atom is 0.310 e. The lowest BCUT2D eigenvalue weighted by atomic mass is 10.1. The van der Waals surface area contributed by atoms with Crippen molar-refractivity contribution in [2.24, 2.45) is 0 Å². The largest absolute Gasteiger partial charge is 0.491 e. The van der Waals surface area contributed by atoms with Gasteiger partial charge in [-0.2, -0.15) is 0 Å². The molecule has 0 bridgehead atoms. The lowest BCUT2D eigenvalue weighted by Gasteiger charge is -2.11. The fourth-order valence-electron chi connectivity index (χ4n) is 2.03. The van der Waals surface area contributed by atoms with Crippen molar-refractivity contribution < 1.29 is 23.8 Å². The van der Waals surface area contributed by atoms with E-state index in [2.05, 4.69) is 5.32 Å². The molecule has 25 heavy (non-hydrogen) atoms. The zero-order valence-corrected chi connectivity index (χ0v) is 15.5. The summed E-state index contributed by atoms with van der Waals surface area (Å²) in [5.74, 6) is -0.0450. The molecule has 1 aromatic rings. The van der Waals surface area contributed by atoms with Gasteiger partial charge in [0.1, 0.15) is 5.75 Å². The van der Waals surface area contributed by atoms with E-state index in [9.17, 15) is 9.59 Å². The average Bonchev–Trinajstić information content (AvgIpc) is 2.52. The molecule has 140 valence electrons. The summed E-state index contributed by atoms with van der Waals surface area (Å²) >= 11 is 0. The zero-order chi connectivity index (χ0) is 18.7. The molecule has 0 aliphatic heterocycles. The lowest BCUT2D eigenvalue weighted by Crippen LogP contribution is -2.30. The second kappa shape index (κ2) is 11.5. The minimum absolute atomic E-state index is 0.0665. The maximum absolute atomic E-state index is 11.8. The number of carbonyl (C=O) groups is 2. The molecule has 1 N–H and O–H groups in total. The Morgan fingerprint density at radius 1 is 1.12 bits per heavy atom. The standard InChI is InChI=1S/C19H29NO5/c1-14(2)23-10-6-9-20-18(21)13-24-19(22)12-16-7-5-8-17(11-16)25-15(3)4/h5,7-8,11,14-15H,6,9-10,12-13H2,1-4H3,(H,20,21). The van der Waals surface area contributed by atoms with Crippen LogP contribution >= 0.6 is 0 Å². The Labute approximate surface area is 149 Å². The molecular formula is C19H29NO5. The second-order valence-electron chi connectivity index (χ2n) is 6.27. The van der Waals surface area contributed by atoms with Crippen molar-refractivity contribution in [3.05, 3.63) is 29.8 Å². The van der Waals surface area contributed by atoms with E-state index in [1.54, 1.807) is 6.07 Å². The fraction of sp³-hybridized carbons (Fsp3) is 0.579. The van der Waals surface area contributed by atoms with Gasteiger partial charge in [0.15, 0.2) is 6.61 Å². The monoisotopic (exact) mass is 351 g/mol. The third kappa shape index (κ3) is 10.4. The number of amides is 1. The summed E-state index contributed by atoms with van der Waals surface area (Å²) in [6.07, 6.45) is 1.07. The molecule has 1 rings (SSSR count). The van der Waals surface area contributed by atoms with E-state index in [1.807, 2.05) is 45.9 Å². The van der Waals surface area contributed by atoms with Gasteiger partial charge in [-0.15, -0.1) is 0 Å². The molecule has 6 heteroatoms. The van der Waals surface area contributed by atoms with Gasteiger partial charge < -0.3 is 19.5 Å². The first kappa shape index (κ1) is 21.0. The summed E-state index contributed by atoms with van der Waals surface area (Å²) in [4.78, 5) is 23.5. The number of rotatable bonds is 11. The second-order valence-corrected chi connectivity index (χ2v) is 6.27. The normalized spacial score (nSPS) is 10.8. The van der Waals surface area contributed by atoms with Crippen LogP contribution in [0.3, 0.4) is 0 Å². The van der Waals surface area contributed by atoms with Crippen LogP contribution in [0.5, 0.6) is 5.75 Å². The van der Waals surface area contributed by atoms with Crippen molar-refractivity contribution in [1.29, 1.82) is 0 Å². The minimum atomic E-state index is -0.444. The van der Waals surface area contributed by atoms with Crippen LogP contribution in [-0.2, 0) is 25.5 Å². The van der Waals surface area contributed by atoms with E-state index in [-0.39, 0.29) is 31.1 Å². The number of carbonyl (C=O) groups excluding carboxylic acids is 2. The molecule has 0 aliphatic carbocycles. The number of hydrogen-bond acceptors (Lipinski definition) is 5. The maximum atomic E-state index is 11.8. The summed E-state index contributed by atoms with van der Waals surface area (Å²) in [7, 11) is 0. The van der Waals surface area contributed by atoms with Crippen molar-refractivity contribution in [3.63, 3.8) is 0 Å². The predicted octanol–water partition coefficient (Wildman–Crippen LogP) is 2.49. The molecular weight excluding hydrogens is 322 g/mol. The van der Waals surface area contributed by atoms with Gasteiger partial charge in [-0.25, -0.2) is 0 Å². The molecule has 0 saturated carbocycles. The number of nitrogens with one attached hydrogen (secondary N) is 1. The highest BCUT2D eigenvalue weighted by molar-refractivity contribution is 5.81. The summed E-state index contributed by atoms with van der Waals surface area (Å²) in [5, 5.41) is 2.69. The third-order valence-electron chi connectivity index (χ3n) is 3.08. The molecule has 0 saturated heterocycles. The SMILES string of the molecule is CC(C)OCCCNC(=O)COC(=O)Cc1cccc(OC(C)C)c1. The van der Waals surface area contributed by atoms with Crippen LogP contribution in [0.4, 0.5) is 0 Å². The molecule has 0 spiro atoms. The van der Waals surface area contributed by atoms with Gasteiger partial charge in [0.05, 0.1) is 18.6 Å². The van der Waals surface area contributed by atoms with E-state index in [1.165, 1.54) is 0 Å². The highest BCUT2D eigenvalue weighted by atomic mass is 16.5. The van der Waals surface area contributed by atoms with E-state index in [0.717, 1.165) is 12.0 Å². The van der Waals surface area contributed by atoms with Crippen LogP contribution in [0, 0.1) is 0 Å². The fourth-order valence-corrected chi connectivity index (χ4v) is 2.03. The molecule has 0 unspecified atom stereocenters. The number of ether oxygens (including phenoxy) is 3. The summed E-state index contributed by atoms with van der Waals surface area (Å²) < 4.78 is 16.0. The third-order valence-corrected chi connectivity index (χ3v) is 3.08. The zero-order valence-electron chi connectivity index (χ0n) is 15.5. The van der Waals surface area contributed by atoms with Gasteiger partial charge in [0, 0.05) is 13.2 Å². The minimum Gasteiger partial charge on any atom is -0.491 e. The van der Waals surface area contributed by atoms with E-state index in [0.29, 0.717) is 18.9 Å². The Bertz CT molecular complexity index is 542. The Morgan fingerprint density at radius 2 is 1.88 bits per heavy atom. The van der Waals surface area contributed by atoms with Crippen molar-refractivity contribution in [3.8, 4) is 5.75 Å². The Balaban J connectivity index is 2.25. The molecule has 1 amide bonds. The van der Waals surface area contributed by atoms with Crippen molar-refractivity contribution in [2.75, 3.05) is 19.8 Å². The number of hydrogen-bond donors (Lipinski definition) is 1. The molecule has 0 radical (unpaired) electrons. The highest BCUT2D eigenvalue weighted by Gasteiger charge is 2.09. The first-order valence-electron chi connectivity index (χ1n) is 8.66. The Hall–Kier alpha value is -2.08. The van der Waals surface area contributed by atoms with E-state index in [4.69, 9.17) is 14.2 Å². The summed E-state index contributed by atoms with van der Waals surface area (Å²) in [6.45, 7) is 8.62. The summed E-state index contributed by atoms with van der Waals surface area (Å²) in [5.41, 5.74) is 0.786. The van der Waals surface area contributed by atoms with Crippen molar-refractivity contribution >= 4 is 11.9 Å². The van der Waals surface area contributed by atoms with Crippen molar-refractivity contribution in [2.45, 2.75) is 52.7 Å².